The first kappa shape index (κ1) is 22.6. The van der Waals surface area contributed by atoms with Crippen molar-refractivity contribution in [2.75, 3.05) is 13.1 Å². The summed E-state index contributed by atoms with van der Waals surface area (Å²) in [5, 5.41) is 8.57. The number of aromatic nitrogens is 2. The first-order valence-electron chi connectivity index (χ1n) is 10.6. The zero-order chi connectivity index (χ0) is 22.7. The summed E-state index contributed by atoms with van der Waals surface area (Å²) >= 11 is 1.13. The fraction of sp³-hybridized carbons (Fsp3) is 0.409. The van der Waals surface area contributed by atoms with E-state index in [-0.39, 0.29) is 22.6 Å². The molecule has 2 aromatic heterocycles. The Kier molecular flexibility index (Phi) is 6.73. The molecule has 32 heavy (non-hydrogen) atoms. The van der Waals surface area contributed by atoms with Gasteiger partial charge in [0.1, 0.15) is 4.21 Å². The zero-order valence-electron chi connectivity index (χ0n) is 18.1. The van der Waals surface area contributed by atoms with Gasteiger partial charge in [-0.3, -0.25) is 4.79 Å². The van der Waals surface area contributed by atoms with Gasteiger partial charge in [-0.25, -0.2) is 8.42 Å². The van der Waals surface area contributed by atoms with Gasteiger partial charge in [-0.05, 0) is 31.4 Å². The second-order valence-electron chi connectivity index (χ2n) is 7.93. The normalized spacial score (nSPS) is 17.4. The Bertz CT molecular complexity index is 1180. The number of hydrogen-bond donors (Lipinski definition) is 1. The predicted octanol–water partition coefficient (Wildman–Crippen LogP) is 3.39. The van der Waals surface area contributed by atoms with Crippen LogP contribution in [0.4, 0.5) is 0 Å². The molecule has 0 aliphatic carbocycles. The predicted molar refractivity (Wildman–Crippen MR) is 121 cm³/mol. The van der Waals surface area contributed by atoms with Crippen molar-refractivity contribution in [3.05, 3.63) is 52.7 Å². The van der Waals surface area contributed by atoms with Crippen molar-refractivity contribution in [3.63, 3.8) is 0 Å². The van der Waals surface area contributed by atoms with Crippen LogP contribution in [0.5, 0.6) is 0 Å². The van der Waals surface area contributed by atoms with E-state index in [2.05, 4.69) is 15.5 Å². The Labute approximate surface area is 191 Å². The van der Waals surface area contributed by atoms with Crippen LogP contribution in [0.25, 0.3) is 11.4 Å². The summed E-state index contributed by atoms with van der Waals surface area (Å²) in [6.45, 7) is 4.93. The standard InChI is InChI=1S/C22H26N4O4S2/c1-3-19-24-21(25-30-19)18-11-20(31-14-18)32(28,29)26-10-4-5-17(13-26)22(27)23-12-16-8-6-15(2)7-9-16/h6-9,11,14,17H,3-5,10,12-13H2,1-2H3,(H,23,27)/t17-/m0/s1. The summed E-state index contributed by atoms with van der Waals surface area (Å²) in [6.07, 6.45) is 1.93. The van der Waals surface area contributed by atoms with Gasteiger partial charge < -0.3 is 9.84 Å². The van der Waals surface area contributed by atoms with E-state index < -0.39 is 10.0 Å². The number of amides is 1. The molecule has 170 valence electrons. The van der Waals surface area contributed by atoms with Crippen molar-refractivity contribution in [1.29, 1.82) is 0 Å². The van der Waals surface area contributed by atoms with Crippen LogP contribution in [0.3, 0.4) is 0 Å². The van der Waals surface area contributed by atoms with E-state index in [1.54, 1.807) is 11.4 Å². The van der Waals surface area contributed by atoms with Crippen LogP contribution in [0.2, 0.25) is 0 Å². The Morgan fingerprint density at radius 1 is 1.31 bits per heavy atom. The molecule has 1 aliphatic rings. The van der Waals surface area contributed by atoms with E-state index in [4.69, 9.17) is 4.52 Å². The number of nitrogens with zero attached hydrogens (tertiary/aromatic N) is 3. The van der Waals surface area contributed by atoms with Gasteiger partial charge in [0.25, 0.3) is 10.0 Å². The number of piperidine rings is 1. The minimum absolute atomic E-state index is 0.115. The van der Waals surface area contributed by atoms with Crippen LogP contribution >= 0.6 is 11.3 Å². The minimum atomic E-state index is -3.70. The lowest BCUT2D eigenvalue weighted by Gasteiger charge is -2.30. The van der Waals surface area contributed by atoms with E-state index in [0.29, 0.717) is 49.6 Å². The third-order valence-corrected chi connectivity index (χ3v) is 8.82. The molecule has 3 heterocycles. The average Bonchev–Trinajstić information content (AvgIpc) is 3.48. The maximum absolute atomic E-state index is 13.2. The van der Waals surface area contributed by atoms with Gasteiger partial charge in [0, 0.05) is 37.0 Å². The molecule has 0 saturated carbocycles. The van der Waals surface area contributed by atoms with Crippen LogP contribution in [-0.2, 0) is 27.8 Å². The molecule has 1 amide bonds. The zero-order valence-corrected chi connectivity index (χ0v) is 19.7. The van der Waals surface area contributed by atoms with Crippen molar-refractivity contribution in [1.82, 2.24) is 19.8 Å². The quantitative estimate of drug-likeness (QED) is 0.563. The van der Waals surface area contributed by atoms with Gasteiger partial charge in [0.15, 0.2) is 0 Å². The number of aryl methyl sites for hydroxylation is 2. The molecule has 0 bridgehead atoms. The molecule has 10 heteroatoms. The van der Waals surface area contributed by atoms with E-state index in [0.717, 1.165) is 22.5 Å². The molecule has 0 spiro atoms. The summed E-state index contributed by atoms with van der Waals surface area (Å²) in [6, 6.07) is 9.54. The van der Waals surface area contributed by atoms with Crippen LogP contribution in [0.1, 0.15) is 36.8 Å². The van der Waals surface area contributed by atoms with E-state index in [1.807, 2.05) is 38.1 Å². The summed E-state index contributed by atoms with van der Waals surface area (Å²) in [5.41, 5.74) is 2.79. The SMILES string of the molecule is CCc1nc(-c2csc(S(=O)(=O)N3CCC[C@H](C(=O)NCc4ccc(C)cc4)C3)c2)no1. The lowest BCUT2D eigenvalue weighted by molar-refractivity contribution is -0.126. The van der Waals surface area contributed by atoms with Crippen LogP contribution in [0.15, 0.2) is 44.4 Å². The highest BCUT2D eigenvalue weighted by Crippen LogP contribution is 2.31. The Balaban J connectivity index is 1.41. The number of hydrogen-bond acceptors (Lipinski definition) is 7. The molecular weight excluding hydrogens is 448 g/mol. The fourth-order valence-corrected chi connectivity index (χ4v) is 6.46. The largest absolute Gasteiger partial charge is 0.352 e. The number of carbonyl (C=O) groups is 1. The lowest BCUT2D eigenvalue weighted by Crippen LogP contribution is -2.45. The number of thiophene rings is 1. The molecule has 1 aliphatic heterocycles. The fourth-order valence-electron chi connectivity index (χ4n) is 3.63. The topological polar surface area (TPSA) is 105 Å². The monoisotopic (exact) mass is 474 g/mol. The third kappa shape index (κ3) is 4.92. The molecule has 3 aromatic rings. The molecule has 8 nitrogen and oxygen atoms in total. The van der Waals surface area contributed by atoms with Crippen molar-refractivity contribution < 1.29 is 17.7 Å². The number of benzene rings is 1. The molecule has 1 N–H and O–H groups in total. The van der Waals surface area contributed by atoms with Gasteiger partial charge in [0.05, 0.1) is 5.92 Å². The first-order valence-corrected chi connectivity index (χ1v) is 12.9. The van der Waals surface area contributed by atoms with Gasteiger partial charge in [-0.1, -0.05) is 41.9 Å². The smallest absolute Gasteiger partial charge is 0.252 e. The van der Waals surface area contributed by atoms with Crippen LogP contribution < -0.4 is 5.32 Å². The molecule has 0 unspecified atom stereocenters. The molecular formula is C22H26N4O4S2. The highest BCUT2D eigenvalue weighted by molar-refractivity contribution is 7.91. The van der Waals surface area contributed by atoms with Gasteiger partial charge in [-0.15, -0.1) is 11.3 Å². The number of carbonyl (C=O) groups excluding carboxylic acids is 1. The number of sulfonamides is 1. The Morgan fingerprint density at radius 3 is 2.81 bits per heavy atom. The molecule has 4 rings (SSSR count). The molecule has 1 fully saturated rings. The number of rotatable bonds is 7. The third-order valence-electron chi connectivity index (χ3n) is 5.54. The summed E-state index contributed by atoms with van der Waals surface area (Å²) in [7, 11) is -3.70. The van der Waals surface area contributed by atoms with Crippen LogP contribution in [-0.4, -0.2) is 41.9 Å². The molecule has 1 saturated heterocycles. The van der Waals surface area contributed by atoms with E-state index >= 15 is 0 Å². The van der Waals surface area contributed by atoms with Crippen molar-refractivity contribution >= 4 is 27.3 Å². The number of nitrogens with one attached hydrogen (secondary N) is 1. The Morgan fingerprint density at radius 2 is 2.09 bits per heavy atom. The Hall–Kier alpha value is -2.56. The highest BCUT2D eigenvalue weighted by atomic mass is 32.2. The lowest BCUT2D eigenvalue weighted by atomic mass is 9.98. The summed E-state index contributed by atoms with van der Waals surface area (Å²) in [4.78, 5) is 17.0. The molecule has 1 aromatic carbocycles. The van der Waals surface area contributed by atoms with E-state index in [1.165, 1.54) is 4.31 Å². The summed E-state index contributed by atoms with van der Waals surface area (Å²) in [5.74, 6) is 0.404. The van der Waals surface area contributed by atoms with Crippen molar-refractivity contribution in [2.24, 2.45) is 5.92 Å². The van der Waals surface area contributed by atoms with Crippen LogP contribution in [0, 0.1) is 12.8 Å². The second-order valence-corrected chi connectivity index (χ2v) is 11.0. The van der Waals surface area contributed by atoms with Gasteiger partial charge >= 0.3 is 0 Å². The maximum atomic E-state index is 13.2. The van der Waals surface area contributed by atoms with Crippen molar-refractivity contribution in [3.8, 4) is 11.4 Å². The van der Waals surface area contributed by atoms with Crippen molar-refractivity contribution in [2.45, 2.75) is 43.9 Å². The molecule has 0 radical (unpaired) electrons. The maximum Gasteiger partial charge on any atom is 0.252 e. The molecule has 1 atom stereocenters. The summed E-state index contributed by atoms with van der Waals surface area (Å²) < 4.78 is 33.2. The highest BCUT2D eigenvalue weighted by Gasteiger charge is 2.34. The minimum Gasteiger partial charge on any atom is -0.352 e. The van der Waals surface area contributed by atoms with Gasteiger partial charge in [-0.2, -0.15) is 9.29 Å². The second kappa shape index (κ2) is 9.51. The first-order chi connectivity index (χ1) is 15.4. The van der Waals surface area contributed by atoms with E-state index in [9.17, 15) is 13.2 Å². The van der Waals surface area contributed by atoms with Gasteiger partial charge in [0.2, 0.25) is 17.6 Å². The average molecular weight is 475 g/mol.